The first-order valence-electron chi connectivity index (χ1n) is 5.84. The summed E-state index contributed by atoms with van der Waals surface area (Å²) in [6.45, 7) is 2.01. The van der Waals surface area contributed by atoms with E-state index in [2.05, 4.69) is 10.4 Å². The molecule has 0 spiro atoms. The van der Waals surface area contributed by atoms with E-state index >= 15 is 0 Å². The highest BCUT2D eigenvalue weighted by atomic mass is 16.4. The average Bonchev–Trinajstić information content (AvgIpc) is 2.36. The highest BCUT2D eigenvalue weighted by Gasteiger charge is 2.10. The van der Waals surface area contributed by atoms with Gasteiger partial charge in [0.15, 0.2) is 12.7 Å². The van der Waals surface area contributed by atoms with E-state index in [0.717, 1.165) is 0 Å². The number of nitrogens with one attached hydrogen (secondary N) is 1. The molecule has 1 aromatic rings. The maximum Gasteiger partial charge on any atom is 0.309 e. The van der Waals surface area contributed by atoms with Crippen LogP contribution < -0.4 is 10.00 Å². The van der Waals surface area contributed by atoms with Crippen molar-refractivity contribution in [3.63, 3.8) is 0 Å². The fraction of sp³-hybridized carbons (Fsp3) is 0.417. The number of rotatable bonds is 7. The van der Waals surface area contributed by atoms with Crippen molar-refractivity contribution in [2.45, 2.75) is 26.3 Å². The zero-order valence-electron chi connectivity index (χ0n) is 10.6. The summed E-state index contributed by atoms with van der Waals surface area (Å²) in [5.74, 6) is -1.20. The number of amides is 1. The molecule has 0 saturated heterocycles. The van der Waals surface area contributed by atoms with Gasteiger partial charge in [-0.25, -0.2) is 0 Å². The van der Waals surface area contributed by atoms with E-state index in [0.29, 0.717) is 18.5 Å². The van der Waals surface area contributed by atoms with E-state index in [1.54, 1.807) is 12.3 Å². The molecule has 0 radical (unpaired) electrons. The van der Waals surface area contributed by atoms with Crippen molar-refractivity contribution >= 4 is 17.7 Å². The normalized spacial score (nSPS) is 9.95. The van der Waals surface area contributed by atoms with Gasteiger partial charge in [0.05, 0.1) is 5.56 Å². The number of hydrogen-bond acceptors (Lipinski definition) is 4. The summed E-state index contributed by atoms with van der Waals surface area (Å²) in [7, 11) is 0. The Morgan fingerprint density at radius 3 is 2.63 bits per heavy atom. The Morgan fingerprint density at radius 2 is 2.11 bits per heavy atom. The topological polar surface area (TPSA) is 100 Å². The lowest BCUT2D eigenvalue weighted by molar-refractivity contribution is -0.753. The van der Waals surface area contributed by atoms with Crippen LogP contribution in [0.15, 0.2) is 18.5 Å². The van der Waals surface area contributed by atoms with Crippen LogP contribution in [-0.2, 0) is 16.1 Å². The summed E-state index contributed by atoms with van der Waals surface area (Å²) in [4.78, 5) is 32.7. The van der Waals surface area contributed by atoms with Crippen LogP contribution in [0.25, 0.3) is 0 Å². The highest BCUT2D eigenvalue weighted by Crippen LogP contribution is 1.93. The van der Waals surface area contributed by atoms with E-state index in [-0.39, 0.29) is 24.7 Å². The third kappa shape index (κ3) is 5.71. The number of carboxylic acids is 1. The van der Waals surface area contributed by atoms with Crippen LogP contribution in [0, 0.1) is 0 Å². The number of ketones is 1. The summed E-state index contributed by atoms with van der Waals surface area (Å²) in [6, 6.07) is 1.55. The molecule has 1 heterocycles. The molecule has 1 amide bonds. The van der Waals surface area contributed by atoms with Crippen molar-refractivity contribution in [2.75, 3.05) is 6.54 Å². The molecule has 0 unspecified atom stereocenters. The van der Waals surface area contributed by atoms with Gasteiger partial charge in [-0.2, -0.15) is 0 Å². The van der Waals surface area contributed by atoms with Crippen molar-refractivity contribution in [2.24, 2.45) is 0 Å². The zero-order chi connectivity index (χ0) is 14.3. The van der Waals surface area contributed by atoms with Crippen LogP contribution in [0.4, 0.5) is 0 Å². The average molecular weight is 266 g/mol. The Bertz CT molecular complexity index is 470. The zero-order valence-corrected chi connectivity index (χ0v) is 10.6. The van der Waals surface area contributed by atoms with Gasteiger partial charge in [-0.1, -0.05) is 4.68 Å². The maximum atomic E-state index is 11.6. The van der Waals surface area contributed by atoms with Crippen molar-refractivity contribution in [3.8, 4) is 0 Å². The molecular weight excluding hydrogens is 250 g/mol. The van der Waals surface area contributed by atoms with Gasteiger partial charge in [-0.15, -0.1) is 0 Å². The number of aryl methyl sites for hydroxylation is 1. The molecule has 0 aliphatic heterocycles. The fourth-order valence-electron chi connectivity index (χ4n) is 1.32. The van der Waals surface area contributed by atoms with Gasteiger partial charge in [-0.05, 0) is 12.0 Å². The number of Topliss-reactive ketones (excluding diaryl/α,β-unsaturated/α-hetero) is 1. The lowest BCUT2D eigenvalue weighted by atomic mass is 10.2. The standard InChI is InChI=1S/C12H15N3O4/c1-9(16)2-5-13-12(19)10-3-6-15(14-8-10)7-4-11(17)18/h3,6,8H,2,4-5,7H2,1H3,(H-,13,17,18,19)/p+1. The Hall–Kier alpha value is -2.31. The number of hydrogen-bond donors (Lipinski definition) is 2. The van der Waals surface area contributed by atoms with Crippen LogP contribution in [0.3, 0.4) is 0 Å². The SMILES string of the molecule is CC(=O)CCNC(=O)c1cc[n+](CCC(=O)O)nc1. The second kappa shape index (κ2) is 7.20. The molecule has 7 heteroatoms. The molecule has 1 rings (SSSR count). The number of aliphatic carboxylic acids is 1. The number of aromatic nitrogens is 2. The van der Waals surface area contributed by atoms with Crippen LogP contribution in [0.5, 0.6) is 0 Å². The second-order valence-corrected chi connectivity index (χ2v) is 4.03. The van der Waals surface area contributed by atoms with E-state index in [1.807, 2.05) is 0 Å². The molecule has 0 aliphatic carbocycles. The van der Waals surface area contributed by atoms with Crippen LogP contribution in [0.2, 0.25) is 0 Å². The summed E-state index contributed by atoms with van der Waals surface area (Å²) >= 11 is 0. The second-order valence-electron chi connectivity index (χ2n) is 4.03. The number of nitrogens with zero attached hydrogens (tertiary/aromatic N) is 2. The summed E-state index contributed by atoms with van der Waals surface area (Å²) in [5, 5.41) is 15.1. The third-order valence-electron chi connectivity index (χ3n) is 2.35. The van der Waals surface area contributed by atoms with E-state index in [9.17, 15) is 14.4 Å². The van der Waals surface area contributed by atoms with E-state index < -0.39 is 5.97 Å². The van der Waals surface area contributed by atoms with Crippen molar-refractivity contribution in [1.29, 1.82) is 0 Å². The quantitative estimate of drug-likeness (QED) is 0.651. The Kier molecular flexibility index (Phi) is 5.59. The van der Waals surface area contributed by atoms with E-state index in [4.69, 9.17) is 5.11 Å². The molecule has 2 N–H and O–H groups in total. The smallest absolute Gasteiger partial charge is 0.309 e. The number of carbonyl (C=O) groups is 3. The third-order valence-corrected chi connectivity index (χ3v) is 2.35. The summed E-state index contributed by atoms with van der Waals surface area (Å²) < 4.78 is 1.44. The molecule has 0 atom stereocenters. The first-order chi connectivity index (χ1) is 8.99. The number of carbonyl (C=O) groups excluding carboxylic acids is 2. The molecular formula is C12H16N3O4+. The molecule has 0 fully saturated rings. The lowest BCUT2D eigenvalue weighted by Gasteiger charge is -2.02. The Balaban J connectivity index is 2.48. The van der Waals surface area contributed by atoms with Crippen molar-refractivity contribution < 1.29 is 24.2 Å². The lowest BCUT2D eigenvalue weighted by Crippen LogP contribution is -2.39. The summed E-state index contributed by atoms with van der Waals surface area (Å²) in [6.07, 6.45) is 3.18. The van der Waals surface area contributed by atoms with Gasteiger partial charge in [0.2, 0.25) is 0 Å². The molecule has 0 aromatic carbocycles. The minimum absolute atomic E-state index is 0.0120. The fourth-order valence-corrected chi connectivity index (χ4v) is 1.32. The Morgan fingerprint density at radius 1 is 1.37 bits per heavy atom. The van der Waals surface area contributed by atoms with Gasteiger partial charge in [0.25, 0.3) is 5.91 Å². The predicted molar refractivity (Wildman–Crippen MR) is 64.3 cm³/mol. The summed E-state index contributed by atoms with van der Waals surface area (Å²) in [5.41, 5.74) is 0.370. The molecule has 1 aromatic heterocycles. The number of carboxylic acid groups (broad SMARTS) is 1. The molecule has 102 valence electrons. The molecule has 19 heavy (non-hydrogen) atoms. The first-order valence-corrected chi connectivity index (χ1v) is 5.84. The minimum Gasteiger partial charge on any atom is -0.481 e. The van der Waals surface area contributed by atoms with Crippen LogP contribution in [0.1, 0.15) is 30.1 Å². The maximum absolute atomic E-state index is 11.6. The minimum atomic E-state index is -0.902. The van der Waals surface area contributed by atoms with Gasteiger partial charge >= 0.3 is 5.97 Å². The van der Waals surface area contributed by atoms with Crippen LogP contribution in [-0.4, -0.2) is 34.4 Å². The molecule has 7 nitrogen and oxygen atoms in total. The highest BCUT2D eigenvalue weighted by molar-refractivity contribution is 5.93. The monoisotopic (exact) mass is 266 g/mol. The van der Waals surface area contributed by atoms with Crippen LogP contribution >= 0.6 is 0 Å². The van der Waals surface area contributed by atoms with Crippen molar-refractivity contribution in [3.05, 3.63) is 24.0 Å². The van der Waals surface area contributed by atoms with E-state index in [1.165, 1.54) is 17.8 Å². The van der Waals surface area contributed by atoms with Gasteiger partial charge < -0.3 is 10.4 Å². The van der Waals surface area contributed by atoms with Crippen molar-refractivity contribution in [1.82, 2.24) is 10.4 Å². The van der Waals surface area contributed by atoms with Gasteiger partial charge in [0, 0.05) is 19.0 Å². The molecule has 0 bridgehead atoms. The van der Waals surface area contributed by atoms with Gasteiger partial charge in [-0.3, -0.25) is 14.4 Å². The molecule has 0 aliphatic rings. The molecule has 0 saturated carbocycles. The first kappa shape index (κ1) is 14.7. The largest absolute Gasteiger partial charge is 0.481 e. The predicted octanol–water partition coefficient (Wildman–Crippen LogP) is -0.447. The Labute approximate surface area is 110 Å². The van der Waals surface area contributed by atoms with Gasteiger partial charge in [0.1, 0.15) is 18.4 Å².